The number of methoxy groups -OCH3 is 1. The Morgan fingerprint density at radius 2 is 2.17 bits per heavy atom. The van der Waals surface area contributed by atoms with E-state index >= 15 is 0 Å². The zero-order chi connectivity index (χ0) is 17.9. The highest BCUT2D eigenvalue weighted by atomic mass is 79.9. The van der Waals surface area contributed by atoms with E-state index in [0.29, 0.717) is 28.5 Å². The van der Waals surface area contributed by atoms with Crippen LogP contribution in [0.25, 0.3) is 0 Å². The molecular weight excluding hydrogens is 462 g/mol. The number of hydrogen-bond acceptors (Lipinski definition) is 5. The predicted octanol–water partition coefficient (Wildman–Crippen LogP) is 2.79. The lowest BCUT2D eigenvalue weighted by Crippen LogP contribution is -2.43. The maximum Gasteiger partial charge on any atom is 0.244 e. The Labute approximate surface area is 159 Å². The second-order valence-corrected chi connectivity index (χ2v) is 9.30. The van der Waals surface area contributed by atoms with E-state index in [0.717, 1.165) is 0 Å². The maximum atomic E-state index is 13.2. The van der Waals surface area contributed by atoms with Crippen molar-refractivity contribution in [2.75, 3.05) is 26.8 Å². The molecule has 2 rings (SSSR count). The summed E-state index contributed by atoms with van der Waals surface area (Å²) in [5.74, 6) is 0. The fraction of sp³-hybridized carbons (Fsp3) is 0.533. The van der Waals surface area contributed by atoms with Gasteiger partial charge in [0.1, 0.15) is 0 Å². The molecular formula is C15H19Br2N3O3S. The second kappa shape index (κ2) is 8.15. The van der Waals surface area contributed by atoms with Crippen LogP contribution in [0.5, 0.6) is 0 Å². The SMILES string of the molecule is COCCN(C1CC(C)N(C#N)C1)S(=O)(=O)c1cc(Br)ccc1Br. The number of rotatable bonds is 6. The van der Waals surface area contributed by atoms with Crippen LogP contribution >= 0.6 is 31.9 Å². The van der Waals surface area contributed by atoms with Gasteiger partial charge in [-0.1, -0.05) is 15.9 Å². The van der Waals surface area contributed by atoms with Crippen LogP contribution in [0.3, 0.4) is 0 Å². The molecule has 0 aromatic heterocycles. The van der Waals surface area contributed by atoms with E-state index in [2.05, 4.69) is 38.1 Å². The maximum absolute atomic E-state index is 13.2. The van der Waals surface area contributed by atoms with Crippen LogP contribution in [0.4, 0.5) is 0 Å². The lowest BCUT2D eigenvalue weighted by molar-refractivity contribution is 0.167. The van der Waals surface area contributed by atoms with Crippen molar-refractivity contribution in [1.29, 1.82) is 5.26 Å². The highest BCUT2D eigenvalue weighted by molar-refractivity contribution is 9.11. The minimum atomic E-state index is -3.72. The lowest BCUT2D eigenvalue weighted by Gasteiger charge is -2.28. The number of ether oxygens (including phenoxy) is 1. The van der Waals surface area contributed by atoms with Crippen molar-refractivity contribution >= 4 is 41.9 Å². The highest BCUT2D eigenvalue weighted by Gasteiger charge is 2.39. The molecule has 132 valence electrons. The van der Waals surface area contributed by atoms with Crippen molar-refractivity contribution in [2.45, 2.75) is 30.3 Å². The van der Waals surface area contributed by atoms with Crippen LogP contribution in [0.15, 0.2) is 32.0 Å². The van der Waals surface area contributed by atoms with Gasteiger partial charge in [-0.3, -0.25) is 0 Å². The van der Waals surface area contributed by atoms with Crippen molar-refractivity contribution in [3.05, 3.63) is 27.1 Å². The number of halogens is 2. The quantitative estimate of drug-likeness (QED) is 0.585. The van der Waals surface area contributed by atoms with Gasteiger partial charge >= 0.3 is 0 Å². The summed E-state index contributed by atoms with van der Waals surface area (Å²) < 4.78 is 34.2. The van der Waals surface area contributed by atoms with E-state index in [9.17, 15) is 13.7 Å². The number of sulfonamides is 1. The summed E-state index contributed by atoms with van der Waals surface area (Å²) in [4.78, 5) is 1.83. The van der Waals surface area contributed by atoms with Crippen LogP contribution in [-0.2, 0) is 14.8 Å². The predicted molar refractivity (Wildman–Crippen MR) is 97.8 cm³/mol. The molecule has 0 radical (unpaired) electrons. The summed E-state index contributed by atoms with van der Waals surface area (Å²) in [5.41, 5.74) is 0. The number of hydrogen-bond donors (Lipinski definition) is 0. The number of nitrogens with zero attached hydrogens (tertiary/aromatic N) is 3. The zero-order valence-corrected chi connectivity index (χ0v) is 17.4. The highest BCUT2D eigenvalue weighted by Crippen LogP contribution is 2.32. The van der Waals surface area contributed by atoms with Gasteiger partial charge in [0.2, 0.25) is 10.0 Å². The van der Waals surface area contributed by atoms with Crippen molar-refractivity contribution in [2.24, 2.45) is 0 Å². The van der Waals surface area contributed by atoms with Gasteiger partial charge < -0.3 is 9.64 Å². The summed E-state index contributed by atoms with van der Waals surface area (Å²) in [7, 11) is -2.18. The third kappa shape index (κ3) is 4.11. The van der Waals surface area contributed by atoms with Gasteiger partial charge in [-0.2, -0.15) is 9.57 Å². The number of likely N-dealkylation sites (tertiary alicyclic amines) is 1. The summed E-state index contributed by atoms with van der Waals surface area (Å²) >= 11 is 6.65. The van der Waals surface area contributed by atoms with Crippen molar-refractivity contribution in [3.63, 3.8) is 0 Å². The zero-order valence-electron chi connectivity index (χ0n) is 13.4. The van der Waals surface area contributed by atoms with Gasteiger partial charge in [0.05, 0.1) is 11.5 Å². The molecule has 1 fully saturated rings. The Kier molecular flexibility index (Phi) is 6.67. The molecule has 6 nitrogen and oxygen atoms in total. The molecule has 2 unspecified atom stereocenters. The largest absolute Gasteiger partial charge is 0.383 e. The fourth-order valence-electron chi connectivity index (χ4n) is 2.83. The smallest absolute Gasteiger partial charge is 0.244 e. The minimum absolute atomic E-state index is 0.0196. The lowest BCUT2D eigenvalue weighted by atomic mass is 10.2. The van der Waals surface area contributed by atoms with E-state index in [1.54, 1.807) is 30.2 Å². The van der Waals surface area contributed by atoms with Gasteiger partial charge in [0.15, 0.2) is 6.19 Å². The van der Waals surface area contributed by atoms with E-state index < -0.39 is 10.0 Å². The first kappa shape index (κ1) is 19.7. The van der Waals surface area contributed by atoms with Gasteiger partial charge in [-0.25, -0.2) is 8.42 Å². The standard InChI is InChI=1S/C15H19Br2N3O3S/c1-11-7-13(9-19(11)10-18)20(5-6-23-2)24(21,22)15-8-12(16)3-4-14(15)17/h3-4,8,11,13H,5-7,9H2,1-2H3. The Morgan fingerprint density at radius 3 is 2.75 bits per heavy atom. The molecule has 9 heteroatoms. The van der Waals surface area contributed by atoms with Crippen LogP contribution in [-0.4, -0.2) is 56.5 Å². The topological polar surface area (TPSA) is 73.6 Å². The molecule has 1 heterocycles. The van der Waals surface area contributed by atoms with Gasteiger partial charge in [0.25, 0.3) is 0 Å². The molecule has 0 amide bonds. The molecule has 0 aliphatic carbocycles. The molecule has 0 saturated carbocycles. The van der Waals surface area contributed by atoms with Crippen LogP contribution in [0, 0.1) is 11.5 Å². The molecule has 0 N–H and O–H groups in total. The molecule has 2 atom stereocenters. The fourth-order valence-corrected chi connectivity index (χ4v) is 5.91. The third-order valence-electron chi connectivity index (χ3n) is 4.08. The van der Waals surface area contributed by atoms with E-state index in [1.807, 2.05) is 6.92 Å². The Balaban J connectivity index is 2.40. The van der Waals surface area contributed by atoms with Crippen LogP contribution in [0.2, 0.25) is 0 Å². The van der Waals surface area contributed by atoms with Crippen LogP contribution in [0.1, 0.15) is 13.3 Å². The first-order valence-electron chi connectivity index (χ1n) is 7.43. The van der Waals surface area contributed by atoms with Crippen molar-refractivity contribution in [3.8, 4) is 6.19 Å². The average Bonchev–Trinajstić information content (AvgIpc) is 2.90. The molecule has 1 aromatic carbocycles. The molecule has 24 heavy (non-hydrogen) atoms. The number of nitriles is 1. The molecule has 0 bridgehead atoms. The van der Waals surface area contributed by atoms with Gasteiger partial charge in [0, 0.05) is 41.2 Å². The van der Waals surface area contributed by atoms with Crippen LogP contribution < -0.4 is 0 Å². The minimum Gasteiger partial charge on any atom is -0.383 e. The monoisotopic (exact) mass is 479 g/mol. The van der Waals surface area contributed by atoms with E-state index in [-0.39, 0.29) is 23.5 Å². The van der Waals surface area contributed by atoms with Gasteiger partial charge in [-0.05, 0) is 47.5 Å². The second-order valence-electron chi connectivity index (χ2n) is 5.67. The summed E-state index contributed by atoms with van der Waals surface area (Å²) in [5, 5.41) is 9.18. The Hall–Kier alpha value is -0.660. The Morgan fingerprint density at radius 1 is 1.46 bits per heavy atom. The van der Waals surface area contributed by atoms with Gasteiger partial charge in [-0.15, -0.1) is 0 Å². The van der Waals surface area contributed by atoms with Crippen molar-refractivity contribution < 1.29 is 13.2 Å². The van der Waals surface area contributed by atoms with E-state index in [1.165, 1.54) is 4.31 Å². The summed E-state index contributed by atoms with van der Waals surface area (Å²) in [6, 6.07) is 4.82. The molecule has 1 aromatic rings. The molecule has 1 aliphatic heterocycles. The first-order chi connectivity index (χ1) is 11.3. The van der Waals surface area contributed by atoms with Crippen molar-refractivity contribution in [1.82, 2.24) is 9.21 Å². The third-order valence-corrected chi connectivity index (χ3v) is 7.52. The summed E-state index contributed by atoms with van der Waals surface area (Å²) in [6.45, 7) is 2.86. The number of benzene rings is 1. The Bertz CT molecular complexity index is 736. The summed E-state index contributed by atoms with van der Waals surface area (Å²) in [6.07, 6.45) is 2.74. The normalized spacial score (nSPS) is 21.2. The molecule has 1 aliphatic rings. The molecule has 0 spiro atoms. The average molecular weight is 481 g/mol. The van der Waals surface area contributed by atoms with E-state index in [4.69, 9.17) is 4.74 Å². The molecule has 1 saturated heterocycles. The first-order valence-corrected chi connectivity index (χ1v) is 10.5.